The minimum Gasteiger partial charge on any atom is -0.508 e. The number of nitrogens with one attached hydrogen (secondary N) is 1. The second kappa shape index (κ2) is 15.0. The number of benzene rings is 3. The molecule has 2 aliphatic heterocycles. The molecule has 4 amide bonds. The lowest BCUT2D eigenvalue weighted by Gasteiger charge is -2.53. The van der Waals surface area contributed by atoms with Gasteiger partial charge in [-0.05, 0) is 53.8 Å². The molecule has 0 saturated carbocycles. The maximum Gasteiger partial charge on any atom is 0.433 e. The molecule has 2 fully saturated rings. The molecule has 0 aliphatic carbocycles. The zero-order valence-corrected chi connectivity index (χ0v) is 26.2. The molecule has 12 nitrogen and oxygen atoms in total. The number of unbranched alkanes of at least 4 members (excludes halogenated alkanes) is 1. The zero-order chi connectivity index (χ0) is 33.5. The molecule has 3 unspecified atom stereocenters. The third-order valence-electron chi connectivity index (χ3n) is 8.60. The van der Waals surface area contributed by atoms with E-state index < -0.39 is 42.3 Å². The molecule has 2 saturated heterocycles. The number of carboxylic acid groups (broad SMARTS) is 1. The van der Waals surface area contributed by atoms with Crippen molar-refractivity contribution in [2.24, 2.45) is 0 Å². The van der Waals surface area contributed by atoms with Crippen molar-refractivity contribution in [3.63, 3.8) is 0 Å². The Morgan fingerprint density at radius 3 is 2.09 bits per heavy atom. The van der Waals surface area contributed by atoms with Crippen LogP contribution < -0.4 is 5.32 Å². The van der Waals surface area contributed by atoms with Gasteiger partial charge in [0.05, 0.1) is 6.54 Å². The number of nitrogens with zero attached hydrogens (tertiary/aromatic N) is 3. The Hall–Kier alpha value is -5.10. The molecule has 3 aromatic carbocycles. The molecule has 4 atom stereocenters. The molecule has 47 heavy (non-hydrogen) atoms. The number of phenolic OH excluding ortho intramolecular Hbond substituents is 2. The number of rotatable bonds is 12. The maximum atomic E-state index is 14.4. The van der Waals surface area contributed by atoms with E-state index >= 15 is 0 Å². The van der Waals surface area contributed by atoms with Crippen LogP contribution in [0.3, 0.4) is 0 Å². The fourth-order valence-corrected chi connectivity index (χ4v) is 6.16. The van der Waals surface area contributed by atoms with Crippen LogP contribution in [0.25, 0.3) is 0 Å². The smallest absolute Gasteiger partial charge is 0.433 e. The van der Waals surface area contributed by atoms with Crippen LogP contribution >= 0.6 is 0 Å². The summed E-state index contributed by atoms with van der Waals surface area (Å²) < 4.78 is 0. The van der Waals surface area contributed by atoms with Gasteiger partial charge < -0.3 is 30.4 Å². The van der Waals surface area contributed by atoms with Gasteiger partial charge in [-0.1, -0.05) is 74.4 Å². The van der Waals surface area contributed by atoms with Crippen molar-refractivity contribution in [2.75, 3.05) is 13.1 Å². The molecule has 0 radical (unpaired) electrons. The van der Waals surface area contributed by atoms with Gasteiger partial charge in [-0.25, -0.2) is 4.79 Å². The molecule has 2 heterocycles. The topological polar surface area (TPSA) is 160 Å². The zero-order valence-electron chi connectivity index (χ0n) is 26.2. The quantitative estimate of drug-likeness (QED) is 0.233. The van der Waals surface area contributed by atoms with E-state index in [1.54, 1.807) is 24.3 Å². The highest BCUT2D eigenvalue weighted by atomic mass is 16.7. The predicted octanol–water partition coefficient (Wildman–Crippen LogP) is 3.46. The van der Waals surface area contributed by atoms with Crippen molar-refractivity contribution in [1.82, 2.24) is 20.2 Å². The highest BCUT2D eigenvalue weighted by Crippen LogP contribution is 2.32. The van der Waals surface area contributed by atoms with Crippen molar-refractivity contribution >= 4 is 23.8 Å². The normalized spacial score (nSPS) is 20.1. The number of hydrogen-bond acceptors (Lipinski definition) is 7. The monoisotopic (exact) mass is 644 g/mol. The van der Waals surface area contributed by atoms with Crippen LogP contribution in [-0.2, 0) is 38.5 Å². The van der Waals surface area contributed by atoms with Crippen LogP contribution in [0.1, 0.15) is 42.9 Å². The summed E-state index contributed by atoms with van der Waals surface area (Å²) in [6.45, 7) is 2.07. The van der Waals surface area contributed by atoms with E-state index in [0.29, 0.717) is 42.0 Å². The number of hydrogen-bond donors (Lipinski definition) is 4. The van der Waals surface area contributed by atoms with Gasteiger partial charge in [0.2, 0.25) is 11.8 Å². The van der Waals surface area contributed by atoms with Crippen molar-refractivity contribution in [2.45, 2.75) is 69.8 Å². The van der Waals surface area contributed by atoms with Crippen molar-refractivity contribution in [1.29, 1.82) is 0 Å². The molecule has 12 heteroatoms. The van der Waals surface area contributed by atoms with E-state index in [0.717, 1.165) is 12.0 Å². The Balaban J connectivity index is 1.46. The minimum absolute atomic E-state index is 0.00110. The molecule has 0 spiro atoms. The first kappa shape index (κ1) is 33.3. The van der Waals surface area contributed by atoms with Crippen molar-refractivity contribution in [3.05, 3.63) is 95.6 Å². The van der Waals surface area contributed by atoms with Crippen LogP contribution in [0, 0.1) is 0 Å². The van der Waals surface area contributed by atoms with Crippen molar-refractivity contribution < 1.29 is 39.3 Å². The summed E-state index contributed by atoms with van der Waals surface area (Å²) in [6, 6.07) is 20.0. The first-order valence-corrected chi connectivity index (χ1v) is 15.8. The van der Waals surface area contributed by atoms with Gasteiger partial charge >= 0.3 is 6.09 Å². The summed E-state index contributed by atoms with van der Waals surface area (Å²) in [5, 5.41) is 33.5. The summed E-state index contributed by atoms with van der Waals surface area (Å²) >= 11 is 0. The average Bonchev–Trinajstić information content (AvgIpc) is 3.06. The first-order chi connectivity index (χ1) is 22.7. The summed E-state index contributed by atoms with van der Waals surface area (Å²) in [6.07, 6.45) is -1.54. The number of carbonyl (C=O) groups is 4. The lowest BCUT2D eigenvalue weighted by Crippen LogP contribution is -2.75. The van der Waals surface area contributed by atoms with Crippen LogP contribution in [0.2, 0.25) is 0 Å². The van der Waals surface area contributed by atoms with E-state index in [2.05, 4.69) is 5.32 Å². The van der Waals surface area contributed by atoms with E-state index in [1.807, 2.05) is 37.3 Å². The second-order valence-corrected chi connectivity index (χ2v) is 11.9. The Bertz CT molecular complexity index is 1550. The average molecular weight is 645 g/mol. The second-order valence-electron chi connectivity index (χ2n) is 11.9. The highest BCUT2D eigenvalue weighted by molar-refractivity contribution is 5.95. The molecule has 4 N–H and O–H groups in total. The standard InChI is InChI=1S/C35H40N4O8/c1-2-3-9-28(32(42)36-19-18-23-7-5-4-6-8-23)37-22-31-38(29(33(37)43)20-24-10-14-26(40)15-11-24)34(44)30(47-39(31)35(45)46)21-25-12-16-27(41)17-13-25/h4-8,10-17,28-31,40-41H,2-3,9,18-22H2,1H3,(H,36,42)(H,45,46)/t28-,29?,30?,31?/m0/s1. The molecular weight excluding hydrogens is 604 g/mol. The molecular formula is C35H40N4O8. The van der Waals surface area contributed by atoms with Crippen LogP contribution in [0.15, 0.2) is 78.9 Å². The fraction of sp³-hybridized carbons (Fsp3) is 0.371. The lowest BCUT2D eigenvalue weighted by molar-refractivity contribution is -0.265. The minimum atomic E-state index is -1.45. The SMILES string of the molecule is CCCC[C@@H](C(=O)NCCc1ccccc1)N1CC2N(C(=O)O)OC(Cc3ccc(O)cc3)C(=O)N2C(Cc2ccc(O)cc2)C1=O. The Labute approximate surface area is 273 Å². The number of fused-ring (bicyclic) bond motifs is 1. The number of hydroxylamine groups is 2. The van der Waals surface area contributed by atoms with Crippen LogP contribution in [-0.4, -0.2) is 91.4 Å². The van der Waals surface area contributed by atoms with E-state index in [9.17, 15) is 34.5 Å². The van der Waals surface area contributed by atoms with Gasteiger partial charge in [-0.15, -0.1) is 0 Å². The van der Waals surface area contributed by atoms with E-state index in [4.69, 9.17) is 4.84 Å². The number of aromatic hydroxyl groups is 2. The summed E-state index contributed by atoms with van der Waals surface area (Å²) in [5.74, 6) is -1.32. The van der Waals surface area contributed by atoms with Gasteiger partial charge in [-0.2, -0.15) is 5.06 Å². The van der Waals surface area contributed by atoms with Gasteiger partial charge in [0.25, 0.3) is 5.91 Å². The Morgan fingerprint density at radius 1 is 0.872 bits per heavy atom. The van der Waals surface area contributed by atoms with Gasteiger partial charge in [0.15, 0.2) is 12.3 Å². The molecule has 2 aliphatic rings. The largest absolute Gasteiger partial charge is 0.508 e. The Kier molecular flexibility index (Phi) is 10.6. The molecule has 248 valence electrons. The Morgan fingerprint density at radius 2 is 1.49 bits per heavy atom. The number of amides is 4. The summed E-state index contributed by atoms with van der Waals surface area (Å²) in [5.41, 5.74) is 2.31. The lowest BCUT2D eigenvalue weighted by atomic mass is 9.95. The first-order valence-electron chi connectivity index (χ1n) is 15.8. The van der Waals surface area contributed by atoms with E-state index in [-0.39, 0.29) is 36.8 Å². The van der Waals surface area contributed by atoms with Crippen molar-refractivity contribution in [3.8, 4) is 11.5 Å². The maximum absolute atomic E-state index is 14.4. The van der Waals surface area contributed by atoms with Gasteiger partial charge in [0, 0.05) is 19.4 Å². The van der Waals surface area contributed by atoms with E-state index in [1.165, 1.54) is 34.1 Å². The van der Waals surface area contributed by atoms with Crippen LogP contribution in [0.5, 0.6) is 11.5 Å². The predicted molar refractivity (Wildman–Crippen MR) is 171 cm³/mol. The molecule has 0 bridgehead atoms. The van der Waals surface area contributed by atoms with Gasteiger partial charge in [0.1, 0.15) is 23.6 Å². The molecule has 5 rings (SSSR count). The third-order valence-corrected chi connectivity index (χ3v) is 8.60. The fourth-order valence-electron chi connectivity index (χ4n) is 6.16. The highest BCUT2D eigenvalue weighted by Gasteiger charge is 2.54. The third kappa shape index (κ3) is 7.83. The number of piperazine rings is 1. The van der Waals surface area contributed by atoms with Gasteiger partial charge in [-0.3, -0.25) is 19.2 Å². The van der Waals surface area contributed by atoms with Crippen LogP contribution in [0.4, 0.5) is 4.79 Å². The number of carbonyl (C=O) groups excluding carboxylic acids is 3. The number of phenols is 2. The summed E-state index contributed by atoms with van der Waals surface area (Å²) in [4.78, 5) is 63.4. The summed E-state index contributed by atoms with van der Waals surface area (Å²) in [7, 11) is 0. The molecule has 0 aromatic heterocycles. The molecule has 3 aromatic rings.